The Morgan fingerprint density at radius 1 is 1.03 bits per heavy atom. The lowest BCUT2D eigenvalue weighted by Gasteiger charge is -2.32. The summed E-state index contributed by atoms with van der Waals surface area (Å²) in [7, 11) is 0. The molecule has 1 saturated heterocycles. The van der Waals surface area contributed by atoms with E-state index in [-0.39, 0.29) is 24.1 Å². The first-order chi connectivity index (χ1) is 15.5. The highest BCUT2D eigenvalue weighted by molar-refractivity contribution is 6.30. The summed E-state index contributed by atoms with van der Waals surface area (Å²) in [6, 6.07) is 17.7. The van der Waals surface area contributed by atoms with E-state index in [1.165, 1.54) is 0 Å². The Bertz CT molecular complexity index is 1110. The van der Waals surface area contributed by atoms with Gasteiger partial charge in [-0.2, -0.15) is 5.10 Å². The average molecular weight is 452 g/mol. The number of benzene rings is 2. The molecule has 2 aromatic carbocycles. The second-order valence-electron chi connectivity index (χ2n) is 7.57. The van der Waals surface area contributed by atoms with E-state index in [4.69, 9.17) is 11.6 Å². The average Bonchev–Trinajstić information content (AvgIpc) is 3.33. The van der Waals surface area contributed by atoms with Crippen LogP contribution in [0.2, 0.25) is 5.02 Å². The number of hydrogen-bond acceptors (Lipinski definition) is 4. The number of halogens is 1. The quantitative estimate of drug-likeness (QED) is 0.530. The Kier molecular flexibility index (Phi) is 6.51. The van der Waals surface area contributed by atoms with Gasteiger partial charge in [0, 0.05) is 29.2 Å². The lowest BCUT2D eigenvalue weighted by molar-refractivity contribution is -0.127. The third kappa shape index (κ3) is 4.97. The number of piperidine rings is 1. The van der Waals surface area contributed by atoms with Crippen LogP contribution in [0.3, 0.4) is 0 Å². The Hall–Kier alpha value is -3.65. The number of carbonyl (C=O) groups excluding carboxylic acids is 3. The predicted molar refractivity (Wildman–Crippen MR) is 120 cm³/mol. The summed E-state index contributed by atoms with van der Waals surface area (Å²) in [4.78, 5) is 39.4. The first-order valence-electron chi connectivity index (χ1n) is 10.3. The van der Waals surface area contributed by atoms with Gasteiger partial charge in [-0.25, -0.2) is 0 Å². The van der Waals surface area contributed by atoms with Gasteiger partial charge in [0.15, 0.2) is 0 Å². The summed E-state index contributed by atoms with van der Waals surface area (Å²) in [5.74, 6) is -1.40. The molecule has 9 heteroatoms. The fourth-order valence-electron chi connectivity index (χ4n) is 3.63. The van der Waals surface area contributed by atoms with E-state index in [9.17, 15) is 14.4 Å². The molecule has 0 bridgehead atoms. The van der Waals surface area contributed by atoms with Crippen molar-refractivity contribution in [2.75, 3.05) is 13.1 Å². The van der Waals surface area contributed by atoms with E-state index in [1.807, 2.05) is 30.3 Å². The third-order valence-corrected chi connectivity index (χ3v) is 5.61. The molecule has 4 rings (SSSR count). The molecule has 1 atom stereocenters. The van der Waals surface area contributed by atoms with Gasteiger partial charge >= 0.3 is 0 Å². The van der Waals surface area contributed by atoms with E-state index < -0.39 is 11.8 Å². The molecule has 0 radical (unpaired) electrons. The summed E-state index contributed by atoms with van der Waals surface area (Å²) >= 11 is 5.89. The SMILES string of the molecule is O=C(NNC(=O)C1CCCN(C(=O)c2ccc(Cl)cc2)C1)c1cc(-c2ccccc2)n[nH]1. The molecule has 3 aromatic rings. The number of aromatic nitrogens is 2. The van der Waals surface area contributed by atoms with Gasteiger partial charge in [0.25, 0.3) is 11.8 Å². The lowest BCUT2D eigenvalue weighted by atomic mass is 9.96. The Balaban J connectivity index is 1.32. The van der Waals surface area contributed by atoms with Crippen LogP contribution >= 0.6 is 11.6 Å². The fourth-order valence-corrected chi connectivity index (χ4v) is 3.76. The van der Waals surface area contributed by atoms with Gasteiger partial charge in [0.05, 0.1) is 11.6 Å². The normalized spacial score (nSPS) is 15.8. The second kappa shape index (κ2) is 9.65. The van der Waals surface area contributed by atoms with Gasteiger partial charge in [-0.15, -0.1) is 0 Å². The van der Waals surface area contributed by atoms with Crippen LogP contribution in [0.1, 0.15) is 33.7 Å². The van der Waals surface area contributed by atoms with Crippen molar-refractivity contribution in [1.29, 1.82) is 0 Å². The van der Waals surface area contributed by atoms with Crippen molar-refractivity contribution in [1.82, 2.24) is 25.9 Å². The van der Waals surface area contributed by atoms with Crippen molar-refractivity contribution in [3.05, 3.63) is 76.9 Å². The molecule has 2 heterocycles. The minimum absolute atomic E-state index is 0.144. The molecule has 1 fully saturated rings. The summed E-state index contributed by atoms with van der Waals surface area (Å²) < 4.78 is 0. The second-order valence-corrected chi connectivity index (χ2v) is 8.01. The first-order valence-corrected chi connectivity index (χ1v) is 10.6. The molecule has 1 aliphatic heterocycles. The lowest BCUT2D eigenvalue weighted by Crippen LogP contribution is -2.50. The molecule has 8 nitrogen and oxygen atoms in total. The number of H-pyrrole nitrogens is 1. The molecule has 1 unspecified atom stereocenters. The number of hydrogen-bond donors (Lipinski definition) is 3. The molecule has 3 N–H and O–H groups in total. The van der Waals surface area contributed by atoms with Gasteiger partial charge in [-0.3, -0.25) is 30.3 Å². The number of carbonyl (C=O) groups is 3. The minimum Gasteiger partial charge on any atom is -0.338 e. The highest BCUT2D eigenvalue weighted by Crippen LogP contribution is 2.20. The topological polar surface area (TPSA) is 107 Å². The maximum absolute atomic E-state index is 12.7. The van der Waals surface area contributed by atoms with Gasteiger partial charge < -0.3 is 4.90 Å². The van der Waals surface area contributed by atoms with Crippen molar-refractivity contribution in [2.24, 2.45) is 5.92 Å². The summed E-state index contributed by atoms with van der Waals surface area (Å²) in [5.41, 5.74) is 7.14. The monoisotopic (exact) mass is 451 g/mol. The van der Waals surface area contributed by atoms with Crippen LogP contribution in [-0.4, -0.2) is 45.9 Å². The number of amides is 3. The van der Waals surface area contributed by atoms with E-state index in [2.05, 4.69) is 21.0 Å². The fraction of sp³-hybridized carbons (Fsp3) is 0.217. The molecule has 0 spiro atoms. The maximum Gasteiger partial charge on any atom is 0.287 e. The van der Waals surface area contributed by atoms with Crippen LogP contribution in [0.15, 0.2) is 60.7 Å². The van der Waals surface area contributed by atoms with Crippen molar-refractivity contribution in [3.63, 3.8) is 0 Å². The minimum atomic E-state index is -0.502. The van der Waals surface area contributed by atoms with Crippen LogP contribution in [0, 0.1) is 5.92 Å². The molecule has 3 amide bonds. The molecule has 32 heavy (non-hydrogen) atoms. The predicted octanol–water partition coefficient (Wildman–Crippen LogP) is 3.04. The zero-order valence-electron chi connectivity index (χ0n) is 17.2. The molecular formula is C23H22ClN5O3. The van der Waals surface area contributed by atoms with Crippen LogP contribution in [-0.2, 0) is 4.79 Å². The highest BCUT2D eigenvalue weighted by Gasteiger charge is 2.29. The Morgan fingerprint density at radius 2 is 1.78 bits per heavy atom. The number of aromatic amines is 1. The summed E-state index contributed by atoms with van der Waals surface area (Å²) in [5, 5.41) is 7.37. The standard InChI is InChI=1S/C23H22ClN5O3/c24-18-10-8-16(9-11-18)23(32)29-12-4-7-17(14-29)21(30)27-28-22(31)20-13-19(25-26-20)15-5-2-1-3-6-15/h1-3,5-6,8-11,13,17H,4,7,12,14H2,(H,25,26)(H,27,30)(H,28,31). The molecule has 1 aromatic heterocycles. The van der Waals surface area contributed by atoms with Crippen molar-refractivity contribution in [2.45, 2.75) is 12.8 Å². The Labute approximate surface area is 189 Å². The zero-order chi connectivity index (χ0) is 22.5. The smallest absolute Gasteiger partial charge is 0.287 e. The summed E-state index contributed by atoms with van der Waals surface area (Å²) in [6.07, 6.45) is 1.33. The van der Waals surface area contributed by atoms with E-state index >= 15 is 0 Å². The van der Waals surface area contributed by atoms with Gasteiger partial charge in [-0.05, 0) is 43.2 Å². The molecule has 164 valence electrons. The molecule has 0 aliphatic carbocycles. The number of hydrazine groups is 1. The maximum atomic E-state index is 12.7. The van der Waals surface area contributed by atoms with Gasteiger partial charge in [0.2, 0.25) is 5.91 Å². The van der Waals surface area contributed by atoms with E-state index in [1.54, 1.807) is 35.2 Å². The van der Waals surface area contributed by atoms with Crippen LogP contribution in [0.25, 0.3) is 11.3 Å². The van der Waals surface area contributed by atoms with Crippen molar-refractivity contribution < 1.29 is 14.4 Å². The molecule has 0 saturated carbocycles. The highest BCUT2D eigenvalue weighted by atomic mass is 35.5. The number of rotatable bonds is 4. The van der Waals surface area contributed by atoms with E-state index in [0.717, 1.165) is 5.56 Å². The van der Waals surface area contributed by atoms with Crippen molar-refractivity contribution in [3.8, 4) is 11.3 Å². The summed E-state index contributed by atoms with van der Waals surface area (Å²) in [6.45, 7) is 0.860. The Morgan fingerprint density at radius 3 is 2.53 bits per heavy atom. The van der Waals surface area contributed by atoms with Crippen LogP contribution < -0.4 is 10.9 Å². The van der Waals surface area contributed by atoms with E-state index in [0.29, 0.717) is 35.7 Å². The molecule has 1 aliphatic rings. The van der Waals surface area contributed by atoms with Gasteiger partial charge in [-0.1, -0.05) is 41.9 Å². The number of nitrogens with one attached hydrogen (secondary N) is 3. The first kappa shape index (κ1) is 21.6. The number of nitrogens with zero attached hydrogens (tertiary/aromatic N) is 2. The third-order valence-electron chi connectivity index (χ3n) is 5.36. The van der Waals surface area contributed by atoms with Crippen LogP contribution in [0.5, 0.6) is 0 Å². The largest absolute Gasteiger partial charge is 0.338 e. The van der Waals surface area contributed by atoms with Gasteiger partial charge in [0.1, 0.15) is 5.69 Å². The van der Waals surface area contributed by atoms with Crippen LogP contribution in [0.4, 0.5) is 0 Å². The zero-order valence-corrected chi connectivity index (χ0v) is 17.9. The number of likely N-dealkylation sites (tertiary alicyclic amines) is 1. The van der Waals surface area contributed by atoms with Crippen molar-refractivity contribution >= 4 is 29.3 Å². The molecular weight excluding hydrogens is 430 g/mol.